The van der Waals surface area contributed by atoms with Crippen molar-refractivity contribution < 1.29 is 9.13 Å². The molecule has 0 bridgehead atoms. The van der Waals surface area contributed by atoms with Crippen LogP contribution in [-0.2, 0) is 11.3 Å². The molecule has 0 aliphatic heterocycles. The summed E-state index contributed by atoms with van der Waals surface area (Å²) < 4.78 is 19.5. The van der Waals surface area contributed by atoms with Crippen molar-refractivity contribution in [3.63, 3.8) is 0 Å². The Kier molecular flexibility index (Phi) is 5.20. The van der Waals surface area contributed by atoms with Crippen molar-refractivity contribution >= 4 is 0 Å². The minimum atomic E-state index is -1.03. The number of rotatable bonds is 5. The molecule has 1 aliphatic carbocycles. The molecule has 1 aromatic carbocycles. The molecule has 1 aliphatic rings. The quantitative estimate of drug-likeness (QED) is 0.715. The standard InChI is InChI=1S/C18H27FO/c1-4-20-13-14-6-5-7-16(12-14)15-8-10-17(11-9-15)18(2,3)19/h5-7,12,15,17H,4,8-11,13H2,1-3H3. The van der Waals surface area contributed by atoms with Crippen LogP contribution >= 0.6 is 0 Å². The summed E-state index contributed by atoms with van der Waals surface area (Å²) >= 11 is 0. The molecule has 1 nitrogen and oxygen atoms in total. The Morgan fingerprint density at radius 1 is 1.20 bits per heavy atom. The Morgan fingerprint density at radius 2 is 1.90 bits per heavy atom. The van der Waals surface area contributed by atoms with Crippen molar-refractivity contribution in [1.82, 2.24) is 0 Å². The Balaban J connectivity index is 1.96. The summed E-state index contributed by atoms with van der Waals surface area (Å²) in [5.74, 6) is 0.820. The molecule has 2 rings (SSSR count). The van der Waals surface area contributed by atoms with Crippen LogP contribution in [0.4, 0.5) is 4.39 Å². The van der Waals surface area contributed by atoms with Crippen molar-refractivity contribution in [2.45, 2.75) is 64.6 Å². The van der Waals surface area contributed by atoms with Gasteiger partial charge in [0.25, 0.3) is 0 Å². The zero-order chi connectivity index (χ0) is 14.6. The maximum absolute atomic E-state index is 14.0. The van der Waals surface area contributed by atoms with Crippen molar-refractivity contribution in [3.05, 3.63) is 35.4 Å². The van der Waals surface area contributed by atoms with Crippen LogP contribution in [0.3, 0.4) is 0 Å². The van der Waals surface area contributed by atoms with E-state index in [-0.39, 0.29) is 5.92 Å². The minimum absolute atomic E-state index is 0.227. The summed E-state index contributed by atoms with van der Waals surface area (Å²) in [4.78, 5) is 0. The van der Waals surface area contributed by atoms with Gasteiger partial charge >= 0.3 is 0 Å². The normalized spacial score (nSPS) is 23.8. The van der Waals surface area contributed by atoms with Gasteiger partial charge in [-0.1, -0.05) is 24.3 Å². The molecule has 0 atom stereocenters. The molecule has 0 spiro atoms. The molecule has 0 aromatic heterocycles. The molecule has 0 radical (unpaired) electrons. The fraction of sp³-hybridized carbons (Fsp3) is 0.667. The fourth-order valence-corrected chi connectivity index (χ4v) is 3.27. The second-order valence-corrected chi connectivity index (χ2v) is 6.50. The Morgan fingerprint density at radius 3 is 2.50 bits per heavy atom. The van der Waals surface area contributed by atoms with Gasteiger partial charge in [0.1, 0.15) is 5.67 Å². The maximum atomic E-state index is 14.0. The van der Waals surface area contributed by atoms with Crippen molar-refractivity contribution in [1.29, 1.82) is 0 Å². The van der Waals surface area contributed by atoms with Crippen LogP contribution in [0.5, 0.6) is 0 Å². The summed E-state index contributed by atoms with van der Waals surface area (Å²) in [5.41, 5.74) is 1.62. The highest BCUT2D eigenvalue weighted by molar-refractivity contribution is 5.26. The first-order valence-electron chi connectivity index (χ1n) is 7.86. The van der Waals surface area contributed by atoms with Crippen molar-refractivity contribution in [3.8, 4) is 0 Å². The molecule has 1 saturated carbocycles. The Hall–Kier alpha value is -0.890. The molecule has 0 N–H and O–H groups in total. The number of ether oxygens (including phenoxy) is 1. The predicted molar refractivity (Wildman–Crippen MR) is 81.7 cm³/mol. The average Bonchev–Trinajstić information content (AvgIpc) is 2.45. The molecular weight excluding hydrogens is 251 g/mol. The number of hydrogen-bond acceptors (Lipinski definition) is 1. The molecule has 112 valence electrons. The molecule has 0 unspecified atom stereocenters. The lowest BCUT2D eigenvalue weighted by molar-refractivity contribution is 0.0892. The SMILES string of the molecule is CCOCc1cccc(C2CCC(C(C)(C)F)CC2)c1. The van der Waals surface area contributed by atoms with E-state index in [1.165, 1.54) is 11.1 Å². The fourth-order valence-electron chi connectivity index (χ4n) is 3.27. The number of hydrogen-bond donors (Lipinski definition) is 0. The van der Waals surface area contributed by atoms with Crippen LogP contribution in [0.25, 0.3) is 0 Å². The van der Waals surface area contributed by atoms with Crippen LogP contribution in [0.15, 0.2) is 24.3 Å². The van der Waals surface area contributed by atoms with E-state index in [1.807, 2.05) is 6.92 Å². The van der Waals surface area contributed by atoms with E-state index in [0.29, 0.717) is 12.5 Å². The van der Waals surface area contributed by atoms with Gasteiger partial charge in [-0.3, -0.25) is 0 Å². The molecule has 1 fully saturated rings. The van der Waals surface area contributed by atoms with Crippen LogP contribution in [0, 0.1) is 5.92 Å². The number of halogens is 1. The third-order valence-electron chi connectivity index (χ3n) is 4.59. The van der Waals surface area contributed by atoms with Crippen LogP contribution in [-0.4, -0.2) is 12.3 Å². The van der Waals surface area contributed by atoms with Crippen LogP contribution in [0.1, 0.15) is 63.5 Å². The van der Waals surface area contributed by atoms with Crippen LogP contribution < -0.4 is 0 Å². The summed E-state index contributed by atoms with van der Waals surface area (Å²) in [6, 6.07) is 8.71. The zero-order valence-corrected chi connectivity index (χ0v) is 13.0. The van der Waals surface area contributed by atoms with E-state index >= 15 is 0 Å². The zero-order valence-electron chi connectivity index (χ0n) is 13.0. The van der Waals surface area contributed by atoms with Gasteiger partial charge in [0.2, 0.25) is 0 Å². The van der Waals surface area contributed by atoms with Gasteiger partial charge in [-0.05, 0) is 69.4 Å². The van der Waals surface area contributed by atoms with Gasteiger partial charge in [0, 0.05) is 6.61 Å². The van der Waals surface area contributed by atoms with Gasteiger partial charge in [-0.15, -0.1) is 0 Å². The molecule has 0 saturated heterocycles. The monoisotopic (exact) mass is 278 g/mol. The molecule has 20 heavy (non-hydrogen) atoms. The largest absolute Gasteiger partial charge is 0.377 e. The van der Waals surface area contributed by atoms with Crippen LogP contribution in [0.2, 0.25) is 0 Å². The van der Waals surface area contributed by atoms with E-state index in [1.54, 1.807) is 13.8 Å². The second kappa shape index (κ2) is 6.71. The lowest BCUT2D eigenvalue weighted by atomic mass is 9.73. The summed E-state index contributed by atoms with van der Waals surface area (Å²) in [7, 11) is 0. The van der Waals surface area contributed by atoms with Gasteiger partial charge in [0.05, 0.1) is 6.61 Å². The number of alkyl halides is 1. The molecule has 2 heteroatoms. The Labute approximate surface area is 122 Å². The minimum Gasteiger partial charge on any atom is -0.377 e. The third-order valence-corrected chi connectivity index (χ3v) is 4.59. The summed E-state index contributed by atoms with van der Waals surface area (Å²) in [5, 5.41) is 0. The first-order valence-corrected chi connectivity index (χ1v) is 7.86. The van der Waals surface area contributed by atoms with E-state index in [0.717, 1.165) is 32.3 Å². The Bertz CT molecular complexity index is 414. The smallest absolute Gasteiger partial charge is 0.108 e. The summed E-state index contributed by atoms with van der Waals surface area (Å²) in [6.07, 6.45) is 4.22. The van der Waals surface area contributed by atoms with Gasteiger partial charge in [0.15, 0.2) is 0 Å². The highest BCUT2D eigenvalue weighted by Crippen LogP contribution is 2.41. The molecule has 1 aromatic rings. The molecule has 0 amide bonds. The predicted octanol–water partition coefficient (Wildman–Crippen LogP) is 5.25. The van der Waals surface area contributed by atoms with Crippen molar-refractivity contribution in [2.24, 2.45) is 5.92 Å². The number of benzene rings is 1. The maximum Gasteiger partial charge on any atom is 0.108 e. The van der Waals surface area contributed by atoms with E-state index in [9.17, 15) is 4.39 Å². The topological polar surface area (TPSA) is 9.23 Å². The first kappa shape index (κ1) is 15.5. The van der Waals surface area contributed by atoms with E-state index in [2.05, 4.69) is 24.3 Å². The van der Waals surface area contributed by atoms with Gasteiger partial charge in [-0.25, -0.2) is 4.39 Å². The van der Waals surface area contributed by atoms with Crippen molar-refractivity contribution in [2.75, 3.05) is 6.61 Å². The van der Waals surface area contributed by atoms with Gasteiger partial charge in [-0.2, -0.15) is 0 Å². The average molecular weight is 278 g/mol. The van der Waals surface area contributed by atoms with Gasteiger partial charge < -0.3 is 4.74 Å². The highest BCUT2D eigenvalue weighted by Gasteiger charge is 2.33. The molecule has 0 heterocycles. The first-order chi connectivity index (χ1) is 9.50. The van der Waals surface area contributed by atoms with E-state index < -0.39 is 5.67 Å². The van der Waals surface area contributed by atoms with E-state index in [4.69, 9.17) is 4.74 Å². The molecular formula is C18H27FO. The lowest BCUT2D eigenvalue weighted by Gasteiger charge is -2.34. The summed E-state index contributed by atoms with van der Waals surface area (Å²) in [6.45, 7) is 6.91. The second-order valence-electron chi connectivity index (χ2n) is 6.50. The highest BCUT2D eigenvalue weighted by atomic mass is 19.1. The lowest BCUT2D eigenvalue weighted by Crippen LogP contribution is -2.29. The third kappa shape index (κ3) is 4.05.